The van der Waals surface area contributed by atoms with Crippen molar-refractivity contribution in [3.05, 3.63) is 0 Å². The lowest BCUT2D eigenvalue weighted by molar-refractivity contribution is 0.345. The molecule has 0 aliphatic rings. The maximum atomic E-state index is 10.1. The molecule has 0 radical (unpaired) electrons. The predicted octanol–water partition coefficient (Wildman–Crippen LogP) is 3.01. The number of rotatable bonds is 5. The molecule has 0 spiro atoms. The van der Waals surface area contributed by atoms with E-state index in [9.17, 15) is 4.89 Å². The monoisotopic (exact) mass is 237 g/mol. The molecule has 1 unspecified atom stereocenters. The zero-order valence-electron chi connectivity index (χ0n) is 9.24. The lowest BCUT2D eigenvalue weighted by Crippen LogP contribution is -2.32. The van der Waals surface area contributed by atoms with Crippen molar-refractivity contribution in [3.63, 3.8) is 0 Å². The Morgan fingerprint density at radius 3 is 2.21 bits per heavy atom. The van der Waals surface area contributed by atoms with Gasteiger partial charge in [-0.3, -0.25) is 0 Å². The van der Waals surface area contributed by atoms with Crippen molar-refractivity contribution < 1.29 is 4.89 Å². The van der Waals surface area contributed by atoms with Crippen LogP contribution < -0.4 is 0 Å². The molecular formula is C9H19ClN2OP+. The summed E-state index contributed by atoms with van der Waals surface area (Å²) in [5.74, 6) is 0. The summed E-state index contributed by atoms with van der Waals surface area (Å²) in [6.07, 6.45) is 0.403. The highest BCUT2D eigenvalue weighted by molar-refractivity contribution is 7.93. The predicted molar refractivity (Wildman–Crippen MR) is 62.2 cm³/mol. The van der Waals surface area contributed by atoms with E-state index in [2.05, 4.69) is 6.07 Å². The third kappa shape index (κ3) is 3.71. The number of hydrogen-bond donors (Lipinski definition) is 1. The Hall–Kier alpha value is 0.130. The lowest BCUT2D eigenvalue weighted by atomic mass is 10.3. The fourth-order valence-corrected chi connectivity index (χ4v) is 3.56. The van der Waals surface area contributed by atoms with Gasteiger partial charge in [0, 0.05) is 6.04 Å². The average Bonchev–Trinajstić information content (AvgIpc) is 2.03. The fourth-order valence-electron chi connectivity index (χ4n) is 1.18. The molecule has 0 rings (SSSR count). The number of hydrogen-bond acceptors (Lipinski definition) is 3. The first-order valence-electron chi connectivity index (χ1n) is 4.79. The van der Waals surface area contributed by atoms with Gasteiger partial charge in [-0.15, -0.1) is 4.67 Å². The van der Waals surface area contributed by atoms with Crippen LogP contribution in [-0.4, -0.2) is 27.8 Å². The molecule has 0 bridgehead atoms. The topological polar surface area (TPSA) is 47.3 Å². The van der Waals surface area contributed by atoms with E-state index in [1.807, 2.05) is 32.4 Å². The van der Waals surface area contributed by atoms with E-state index in [1.165, 1.54) is 0 Å². The van der Waals surface area contributed by atoms with E-state index in [1.54, 1.807) is 0 Å². The summed E-state index contributed by atoms with van der Waals surface area (Å²) in [6.45, 7) is 5.75. The zero-order valence-corrected chi connectivity index (χ0v) is 10.9. The standard InChI is InChI=1S/C9H19ClN2OP/c1-8(2)12(7-5-6-11)14(10,13)9(3)4/h8-9,13H,5,7H2,1-4H3/q+1. The van der Waals surface area contributed by atoms with Crippen LogP contribution in [0.2, 0.25) is 0 Å². The second-order valence-corrected chi connectivity index (χ2v) is 8.01. The van der Waals surface area contributed by atoms with E-state index >= 15 is 0 Å². The lowest BCUT2D eigenvalue weighted by Gasteiger charge is -2.30. The van der Waals surface area contributed by atoms with Crippen LogP contribution in [0.4, 0.5) is 0 Å². The third-order valence-corrected chi connectivity index (χ3v) is 6.52. The smallest absolute Gasteiger partial charge is 0.213 e. The Kier molecular flexibility index (Phi) is 5.93. The van der Waals surface area contributed by atoms with E-state index < -0.39 is 6.99 Å². The van der Waals surface area contributed by atoms with Gasteiger partial charge in [0.1, 0.15) is 16.9 Å². The molecule has 1 atom stereocenters. The Balaban J connectivity index is 4.57. The molecular weight excluding hydrogens is 219 g/mol. The molecule has 0 saturated carbocycles. The highest BCUT2D eigenvalue weighted by Gasteiger charge is 2.47. The van der Waals surface area contributed by atoms with E-state index in [0.29, 0.717) is 13.0 Å². The van der Waals surface area contributed by atoms with Crippen LogP contribution in [0.5, 0.6) is 0 Å². The molecule has 0 heterocycles. The zero-order chi connectivity index (χ0) is 11.4. The molecule has 0 aromatic rings. The van der Waals surface area contributed by atoms with Gasteiger partial charge in [-0.1, -0.05) is 0 Å². The summed E-state index contributed by atoms with van der Waals surface area (Å²) in [5.41, 5.74) is 0.0326. The molecule has 3 nitrogen and oxygen atoms in total. The van der Waals surface area contributed by atoms with Crippen LogP contribution in [0.1, 0.15) is 34.1 Å². The van der Waals surface area contributed by atoms with Crippen molar-refractivity contribution in [2.45, 2.75) is 45.8 Å². The van der Waals surface area contributed by atoms with Crippen LogP contribution >= 0.6 is 18.2 Å². The van der Waals surface area contributed by atoms with Gasteiger partial charge < -0.3 is 0 Å². The van der Waals surface area contributed by atoms with E-state index in [0.717, 1.165) is 0 Å². The molecule has 0 aromatic carbocycles. The van der Waals surface area contributed by atoms with Crippen molar-refractivity contribution in [1.29, 1.82) is 5.26 Å². The van der Waals surface area contributed by atoms with Crippen molar-refractivity contribution in [3.8, 4) is 6.07 Å². The summed E-state index contributed by atoms with van der Waals surface area (Å²) in [5, 5.41) is 8.51. The van der Waals surface area contributed by atoms with E-state index in [-0.39, 0.29) is 11.7 Å². The maximum Gasteiger partial charge on any atom is 0.313 e. The second kappa shape index (κ2) is 5.88. The first kappa shape index (κ1) is 14.1. The highest BCUT2D eigenvalue weighted by Crippen LogP contribution is 2.67. The van der Waals surface area contributed by atoms with Crippen LogP contribution in [0.3, 0.4) is 0 Å². The number of nitrogens with zero attached hydrogens (tertiary/aromatic N) is 2. The van der Waals surface area contributed by atoms with Gasteiger partial charge in [-0.05, 0) is 27.7 Å². The fraction of sp³-hybridized carbons (Fsp3) is 0.889. The first-order valence-corrected chi connectivity index (χ1v) is 7.46. The first-order chi connectivity index (χ1) is 6.34. The molecule has 0 aliphatic carbocycles. The van der Waals surface area contributed by atoms with Crippen LogP contribution in [0.15, 0.2) is 0 Å². The summed E-state index contributed by atoms with van der Waals surface area (Å²) in [6, 6.07) is 2.24. The molecule has 0 aliphatic heterocycles. The quantitative estimate of drug-likeness (QED) is 0.748. The molecule has 1 N–H and O–H groups in total. The SMILES string of the molecule is CC(C)N(CCC#N)[P+](O)(Cl)C(C)C. The largest absolute Gasteiger partial charge is 0.313 e. The minimum absolute atomic E-state index is 0.0326. The van der Waals surface area contributed by atoms with Crippen molar-refractivity contribution in [1.82, 2.24) is 4.67 Å². The summed E-state index contributed by atoms with van der Waals surface area (Å²) >= 11 is 6.15. The Bertz CT molecular complexity index is 213. The second-order valence-electron chi connectivity index (χ2n) is 3.83. The maximum absolute atomic E-state index is 10.1. The summed E-state index contributed by atoms with van der Waals surface area (Å²) in [7, 11) is 0. The van der Waals surface area contributed by atoms with Crippen molar-refractivity contribution in [2.24, 2.45) is 0 Å². The molecule has 0 fully saturated rings. The van der Waals surface area contributed by atoms with Gasteiger partial charge in [-0.25, -0.2) is 4.89 Å². The van der Waals surface area contributed by atoms with Gasteiger partial charge in [-0.2, -0.15) is 5.26 Å². The molecule has 0 aromatic heterocycles. The highest BCUT2D eigenvalue weighted by atomic mass is 35.7. The Morgan fingerprint density at radius 1 is 1.43 bits per heavy atom. The van der Waals surface area contributed by atoms with Crippen LogP contribution in [-0.2, 0) is 0 Å². The van der Waals surface area contributed by atoms with Gasteiger partial charge in [0.05, 0.1) is 19.0 Å². The van der Waals surface area contributed by atoms with Crippen molar-refractivity contribution >= 4 is 18.2 Å². The molecule has 5 heteroatoms. The minimum Gasteiger partial charge on any atom is -0.213 e. The molecule has 82 valence electrons. The molecule has 0 saturated heterocycles. The van der Waals surface area contributed by atoms with Crippen LogP contribution in [0, 0.1) is 11.3 Å². The van der Waals surface area contributed by atoms with Gasteiger partial charge in [0.25, 0.3) is 0 Å². The normalized spacial score (nSPS) is 16.0. The van der Waals surface area contributed by atoms with Crippen LogP contribution in [0.25, 0.3) is 0 Å². The van der Waals surface area contributed by atoms with Gasteiger partial charge in [0.2, 0.25) is 0 Å². The third-order valence-electron chi connectivity index (χ3n) is 2.07. The minimum atomic E-state index is -2.56. The molecule has 0 amide bonds. The van der Waals surface area contributed by atoms with Gasteiger partial charge in [0.15, 0.2) is 0 Å². The number of halogens is 1. The van der Waals surface area contributed by atoms with Crippen molar-refractivity contribution in [2.75, 3.05) is 6.54 Å². The molecule has 14 heavy (non-hydrogen) atoms. The number of nitriles is 1. The Labute approximate surface area is 91.9 Å². The van der Waals surface area contributed by atoms with Gasteiger partial charge >= 0.3 is 6.99 Å². The average molecular weight is 238 g/mol. The van der Waals surface area contributed by atoms with E-state index in [4.69, 9.17) is 16.5 Å². The summed E-state index contributed by atoms with van der Waals surface area (Å²) < 4.78 is 1.85. The summed E-state index contributed by atoms with van der Waals surface area (Å²) in [4.78, 5) is 10.1. The Morgan fingerprint density at radius 2 is 1.93 bits per heavy atom.